The molecule has 1 fully saturated rings. The average molecular weight is 380 g/mol. The molecule has 1 unspecified atom stereocenters. The Kier molecular flexibility index (Phi) is 5.40. The summed E-state index contributed by atoms with van der Waals surface area (Å²) in [4.78, 5) is 12.9. The van der Waals surface area contributed by atoms with Crippen molar-refractivity contribution in [3.8, 4) is 0 Å². The van der Waals surface area contributed by atoms with Crippen LogP contribution in [0.2, 0.25) is 10.2 Å². The van der Waals surface area contributed by atoms with Crippen LogP contribution in [-0.2, 0) is 6.54 Å². The van der Waals surface area contributed by atoms with E-state index in [1.807, 2.05) is 31.2 Å². The molecule has 3 rings (SSSR count). The van der Waals surface area contributed by atoms with Crippen molar-refractivity contribution in [3.63, 3.8) is 0 Å². The number of nitrogens with zero attached hydrogens (tertiary/aromatic N) is 2. The van der Waals surface area contributed by atoms with Gasteiger partial charge in [0.15, 0.2) is 0 Å². The number of aryl methyl sites for hydroxylation is 1. The van der Waals surface area contributed by atoms with Gasteiger partial charge in [0, 0.05) is 11.6 Å². The van der Waals surface area contributed by atoms with E-state index in [9.17, 15) is 4.79 Å². The molecule has 1 N–H and O–H groups in total. The highest BCUT2D eigenvalue weighted by Gasteiger charge is 2.34. The lowest BCUT2D eigenvalue weighted by Gasteiger charge is -2.19. The molecule has 1 saturated carbocycles. The highest BCUT2D eigenvalue weighted by molar-refractivity contribution is 6.33. The minimum atomic E-state index is -0.163. The van der Waals surface area contributed by atoms with Crippen LogP contribution in [0.4, 0.5) is 0 Å². The maximum Gasteiger partial charge on any atom is 0.256 e. The lowest BCUT2D eigenvalue weighted by atomic mass is 10.0. The van der Waals surface area contributed by atoms with Crippen LogP contribution in [-0.4, -0.2) is 15.7 Å². The molecule has 0 spiro atoms. The summed E-state index contributed by atoms with van der Waals surface area (Å²) in [5.74, 6) is 0.709. The second-order valence-corrected chi connectivity index (χ2v) is 7.96. The molecule has 0 radical (unpaired) electrons. The molecule has 0 aliphatic heterocycles. The molecule has 0 saturated heterocycles. The Morgan fingerprint density at radius 1 is 1.28 bits per heavy atom. The number of carbonyl (C=O) groups excluding carboxylic acids is 1. The zero-order valence-electron chi connectivity index (χ0n) is 14.7. The number of benzene rings is 1. The average Bonchev–Trinajstić information content (AvgIpc) is 3.33. The number of hydrogen-bond acceptors (Lipinski definition) is 2. The quantitative estimate of drug-likeness (QED) is 0.764. The second-order valence-electron chi connectivity index (χ2n) is 7.17. The molecule has 6 heteroatoms. The van der Waals surface area contributed by atoms with Crippen LogP contribution in [0.1, 0.15) is 54.3 Å². The molecule has 1 aromatic heterocycles. The van der Waals surface area contributed by atoms with E-state index < -0.39 is 0 Å². The number of halogens is 2. The van der Waals surface area contributed by atoms with E-state index in [2.05, 4.69) is 24.3 Å². The molecule has 1 aliphatic carbocycles. The fourth-order valence-electron chi connectivity index (χ4n) is 3.06. The Morgan fingerprint density at radius 3 is 2.48 bits per heavy atom. The number of amides is 1. The number of rotatable bonds is 6. The Bertz CT molecular complexity index is 764. The van der Waals surface area contributed by atoms with Crippen LogP contribution >= 0.6 is 23.2 Å². The Morgan fingerprint density at radius 2 is 1.92 bits per heavy atom. The number of hydrogen-bond donors (Lipinski definition) is 1. The van der Waals surface area contributed by atoms with Crippen molar-refractivity contribution in [2.75, 3.05) is 0 Å². The maximum atomic E-state index is 12.9. The fourth-order valence-corrected chi connectivity index (χ4v) is 3.52. The first-order chi connectivity index (χ1) is 11.9. The monoisotopic (exact) mass is 379 g/mol. The van der Waals surface area contributed by atoms with Gasteiger partial charge in [0.25, 0.3) is 5.91 Å². The van der Waals surface area contributed by atoms with Gasteiger partial charge >= 0.3 is 0 Å². The Balaban J connectivity index is 1.83. The fraction of sp³-hybridized carbons (Fsp3) is 0.474. The van der Waals surface area contributed by atoms with Crippen molar-refractivity contribution in [2.24, 2.45) is 11.8 Å². The third-order valence-electron chi connectivity index (χ3n) is 4.44. The van der Waals surface area contributed by atoms with E-state index in [-0.39, 0.29) is 11.9 Å². The summed E-state index contributed by atoms with van der Waals surface area (Å²) in [6.45, 7) is 6.70. The highest BCUT2D eigenvalue weighted by Crippen LogP contribution is 2.41. The molecule has 1 atom stereocenters. The summed E-state index contributed by atoms with van der Waals surface area (Å²) in [7, 11) is 0. The molecule has 25 heavy (non-hydrogen) atoms. The number of carbonyl (C=O) groups is 1. The van der Waals surface area contributed by atoms with Gasteiger partial charge in [0.1, 0.15) is 5.15 Å². The van der Waals surface area contributed by atoms with E-state index >= 15 is 0 Å². The van der Waals surface area contributed by atoms with Crippen LogP contribution in [0, 0.1) is 18.8 Å². The normalized spacial score (nSPS) is 15.4. The summed E-state index contributed by atoms with van der Waals surface area (Å²) in [6, 6.07) is 7.65. The van der Waals surface area contributed by atoms with Crippen molar-refractivity contribution in [1.82, 2.24) is 15.1 Å². The first-order valence-corrected chi connectivity index (χ1v) is 9.41. The lowest BCUT2D eigenvalue weighted by Crippen LogP contribution is -2.30. The van der Waals surface area contributed by atoms with Crippen LogP contribution in [0.15, 0.2) is 24.3 Å². The Labute approximate surface area is 158 Å². The lowest BCUT2D eigenvalue weighted by molar-refractivity contribution is 0.0931. The topological polar surface area (TPSA) is 46.9 Å². The van der Waals surface area contributed by atoms with Crippen LogP contribution in [0.25, 0.3) is 0 Å². The zero-order valence-corrected chi connectivity index (χ0v) is 16.2. The van der Waals surface area contributed by atoms with E-state index in [1.165, 1.54) is 0 Å². The van der Waals surface area contributed by atoms with Gasteiger partial charge in [-0.1, -0.05) is 49.2 Å². The third-order valence-corrected chi connectivity index (χ3v) is 5.08. The van der Waals surface area contributed by atoms with Crippen LogP contribution in [0.5, 0.6) is 0 Å². The van der Waals surface area contributed by atoms with E-state index in [0.717, 1.165) is 18.4 Å². The molecule has 4 nitrogen and oxygen atoms in total. The smallest absolute Gasteiger partial charge is 0.256 e. The number of aromatic nitrogens is 2. The van der Waals surface area contributed by atoms with Crippen LogP contribution < -0.4 is 5.32 Å². The number of nitrogens with one attached hydrogen (secondary N) is 1. The SMILES string of the molecule is Cc1nn(CC(C)C)c(Cl)c1C(=O)NC(c1ccc(Cl)cc1)C1CC1. The minimum Gasteiger partial charge on any atom is -0.345 e. The molecule has 134 valence electrons. The summed E-state index contributed by atoms with van der Waals surface area (Å²) in [5.41, 5.74) is 2.21. The van der Waals surface area contributed by atoms with E-state index in [0.29, 0.717) is 39.8 Å². The summed E-state index contributed by atoms with van der Waals surface area (Å²) in [5, 5.41) is 8.69. The van der Waals surface area contributed by atoms with Gasteiger partial charge < -0.3 is 5.32 Å². The van der Waals surface area contributed by atoms with Crippen LogP contribution in [0.3, 0.4) is 0 Å². The van der Waals surface area contributed by atoms with Gasteiger partial charge in [-0.25, -0.2) is 0 Å². The predicted molar refractivity (Wildman–Crippen MR) is 101 cm³/mol. The first-order valence-electron chi connectivity index (χ1n) is 8.66. The highest BCUT2D eigenvalue weighted by atomic mass is 35.5. The molecule has 2 aromatic rings. The molecule has 1 aromatic carbocycles. The van der Waals surface area contributed by atoms with Gasteiger partial charge in [-0.05, 0) is 49.3 Å². The molecule has 1 aliphatic rings. The first kappa shape index (κ1) is 18.3. The van der Waals surface area contributed by atoms with Gasteiger partial charge in [-0.15, -0.1) is 0 Å². The Hall–Kier alpha value is -1.52. The molecule has 0 bridgehead atoms. The molecular weight excluding hydrogens is 357 g/mol. The molecule has 1 heterocycles. The van der Waals surface area contributed by atoms with Crippen molar-refractivity contribution in [2.45, 2.75) is 46.2 Å². The minimum absolute atomic E-state index is 0.0197. The van der Waals surface area contributed by atoms with Gasteiger partial charge in [0.05, 0.1) is 17.3 Å². The standard InChI is InChI=1S/C19H23Cl2N3O/c1-11(2)10-24-18(21)16(12(3)23-24)19(25)22-17(13-4-5-13)14-6-8-15(20)9-7-14/h6-9,11,13,17H,4-5,10H2,1-3H3,(H,22,25). The molecule has 1 amide bonds. The van der Waals surface area contributed by atoms with Crippen molar-refractivity contribution < 1.29 is 4.79 Å². The summed E-state index contributed by atoms with van der Waals surface area (Å²) >= 11 is 12.4. The van der Waals surface area contributed by atoms with Gasteiger partial charge in [-0.2, -0.15) is 5.10 Å². The predicted octanol–water partition coefficient (Wildman–Crippen LogP) is 5.04. The van der Waals surface area contributed by atoms with Gasteiger partial charge in [-0.3, -0.25) is 9.48 Å². The van der Waals surface area contributed by atoms with E-state index in [4.69, 9.17) is 23.2 Å². The van der Waals surface area contributed by atoms with Gasteiger partial charge in [0.2, 0.25) is 0 Å². The summed E-state index contributed by atoms with van der Waals surface area (Å²) in [6.07, 6.45) is 2.24. The van der Waals surface area contributed by atoms with E-state index in [1.54, 1.807) is 4.68 Å². The zero-order chi connectivity index (χ0) is 18.1. The maximum absolute atomic E-state index is 12.9. The van der Waals surface area contributed by atoms with Crippen molar-refractivity contribution in [1.29, 1.82) is 0 Å². The van der Waals surface area contributed by atoms with Crippen molar-refractivity contribution in [3.05, 3.63) is 51.3 Å². The molecular formula is C19H23Cl2N3O. The largest absolute Gasteiger partial charge is 0.345 e. The van der Waals surface area contributed by atoms with Crippen molar-refractivity contribution >= 4 is 29.1 Å². The summed E-state index contributed by atoms with van der Waals surface area (Å²) < 4.78 is 1.71. The third kappa shape index (κ3) is 4.18. The second kappa shape index (κ2) is 7.38.